The summed E-state index contributed by atoms with van der Waals surface area (Å²) >= 11 is 0. The standard InChI is InChI=1S/C17H21N5O3/c1-11(10-23)19-17-20-15(13-5-6-13)8-16(21-17)18-9-12-3-2-4-14(7-12)22(24)25/h2-4,7-8,11,13,23H,5-6,9-10H2,1H3,(H2,18,19,20,21)/t11-/m1/s1. The maximum Gasteiger partial charge on any atom is 0.269 e. The molecule has 1 atom stereocenters. The normalized spacial score (nSPS) is 14.8. The third-order valence-electron chi connectivity index (χ3n) is 3.99. The summed E-state index contributed by atoms with van der Waals surface area (Å²) in [6.07, 6.45) is 2.24. The van der Waals surface area contributed by atoms with Crippen LogP contribution in [0.25, 0.3) is 0 Å². The lowest BCUT2D eigenvalue weighted by molar-refractivity contribution is -0.384. The van der Waals surface area contributed by atoms with Crippen LogP contribution in [0.5, 0.6) is 0 Å². The summed E-state index contributed by atoms with van der Waals surface area (Å²) in [4.78, 5) is 19.4. The van der Waals surface area contributed by atoms with Gasteiger partial charge in [0.25, 0.3) is 5.69 Å². The number of nitro groups is 1. The number of anilines is 2. The highest BCUT2D eigenvalue weighted by Gasteiger charge is 2.26. The van der Waals surface area contributed by atoms with Crippen LogP contribution in [0, 0.1) is 10.1 Å². The van der Waals surface area contributed by atoms with Gasteiger partial charge >= 0.3 is 0 Å². The molecular weight excluding hydrogens is 322 g/mol. The lowest BCUT2D eigenvalue weighted by atomic mass is 10.2. The maximum absolute atomic E-state index is 10.9. The summed E-state index contributed by atoms with van der Waals surface area (Å²) in [6.45, 7) is 2.27. The number of hydrogen-bond acceptors (Lipinski definition) is 7. The number of nitrogens with one attached hydrogen (secondary N) is 2. The smallest absolute Gasteiger partial charge is 0.269 e. The van der Waals surface area contributed by atoms with Crippen molar-refractivity contribution < 1.29 is 10.0 Å². The minimum absolute atomic E-state index is 0.00649. The van der Waals surface area contributed by atoms with E-state index < -0.39 is 4.92 Å². The fourth-order valence-electron chi connectivity index (χ4n) is 2.45. The molecule has 1 fully saturated rings. The van der Waals surface area contributed by atoms with Gasteiger partial charge < -0.3 is 15.7 Å². The van der Waals surface area contributed by atoms with E-state index in [0.717, 1.165) is 24.1 Å². The van der Waals surface area contributed by atoms with Gasteiger partial charge in [-0.2, -0.15) is 4.98 Å². The number of aromatic nitrogens is 2. The predicted octanol–water partition coefficient (Wildman–Crippen LogP) is 2.67. The zero-order chi connectivity index (χ0) is 17.8. The molecule has 1 aliphatic carbocycles. The zero-order valence-corrected chi connectivity index (χ0v) is 14.0. The summed E-state index contributed by atoms with van der Waals surface area (Å²) in [5.41, 5.74) is 1.85. The molecule has 0 saturated heterocycles. The lowest BCUT2D eigenvalue weighted by Crippen LogP contribution is -2.21. The van der Waals surface area contributed by atoms with E-state index in [0.29, 0.717) is 24.2 Å². The summed E-state index contributed by atoms with van der Waals surface area (Å²) < 4.78 is 0. The van der Waals surface area contributed by atoms with E-state index in [1.165, 1.54) is 6.07 Å². The van der Waals surface area contributed by atoms with Gasteiger partial charge in [-0.25, -0.2) is 4.98 Å². The summed E-state index contributed by atoms with van der Waals surface area (Å²) in [7, 11) is 0. The van der Waals surface area contributed by atoms with Crippen molar-refractivity contribution in [2.45, 2.75) is 38.3 Å². The SMILES string of the molecule is C[C@H](CO)Nc1nc(NCc2cccc([N+](=O)[O-])c2)cc(C2CC2)n1. The van der Waals surface area contributed by atoms with Gasteiger partial charge in [-0.1, -0.05) is 12.1 Å². The number of nitro benzene ring substituents is 1. The Labute approximate surface area is 145 Å². The van der Waals surface area contributed by atoms with Crippen molar-refractivity contribution in [1.29, 1.82) is 0 Å². The molecular formula is C17H21N5O3. The molecule has 1 saturated carbocycles. The van der Waals surface area contributed by atoms with Gasteiger partial charge in [-0.15, -0.1) is 0 Å². The lowest BCUT2D eigenvalue weighted by Gasteiger charge is -2.14. The van der Waals surface area contributed by atoms with E-state index >= 15 is 0 Å². The second-order valence-electron chi connectivity index (χ2n) is 6.28. The fourth-order valence-corrected chi connectivity index (χ4v) is 2.45. The van der Waals surface area contributed by atoms with Gasteiger partial charge in [-0.05, 0) is 25.3 Å². The van der Waals surface area contributed by atoms with Crippen LogP contribution in [0.2, 0.25) is 0 Å². The highest BCUT2D eigenvalue weighted by molar-refractivity contribution is 5.45. The molecule has 0 spiro atoms. The van der Waals surface area contributed by atoms with Crippen molar-refractivity contribution >= 4 is 17.5 Å². The van der Waals surface area contributed by atoms with Crippen LogP contribution < -0.4 is 10.6 Å². The van der Waals surface area contributed by atoms with E-state index in [9.17, 15) is 15.2 Å². The van der Waals surface area contributed by atoms with Gasteiger partial charge in [0, 0.05) is 36.7 Å². The van der Waals surface area contributed by atoms with Crippen LogP contribution in [-0.4, -0.2) is 32.6 Å². The third-order valence-corrected chi connectivity index (χ3v) is 3.99. The highest BCUT2D eigenvalue weighted by atomic mass is 16.6. The largest absolute Gasteiger partial charge is 0.394 e. The molecule has 132 valence electrons. The molecule has 0 aliphatic heterocycles. The van der Waals surface area contributed by atoms with Crippen LogP contribution in [0.4, 0.5) is 17.5 Å². The highest BCUT2D eigenvalue weighted by Crippen LogP contribution is 2.39. The predicted molar refractivity (Wildman–Crippen MR) is 94.6 cm³/mol. The Morgan fingerprint density at radius 3 is 2.84 bits per heavy atom. The molecule has 0 unspecified atom stereocenters. The topological polar surface area (TPSA) is 113 Å². The van der Waals surface area contributed by atoms with Crippen molar-refractivity contribution in [3.05, 3.63) is 51.7 Å². The van der Waals surface area contributed by atoms with Crippen molar-refractivity contribution in [2.24, 2.45) is 0 Å². The molecule has 3 rings (SSSR count). The average molecular weight is 343 g/mol. The molecule has 25 heavy (non-hydrogen) atoms. The van der Waals surface area contributed by atoms with Crippen molar-refractivity contribution in [3.8, 4) is 0 Å². The van der Waals surface area contributed by atoms with Gasteiger partial charge in [0.15, 0.2) is 0 Å². The Morgan fingerprint density at radius 1 is 1.36 bits per heavy atom. The molecule has 0 radical (unpaired) electrons. The molecule has 8 nitrogen and oxygen atoms in total. The summed E-state index contributed by atoms with van der Waals surface area (Å²) in [5.74, 6) is 1.61. The fraction of sp³-hybridized carbons (Fsp3) is 0.412. The minimum atomic E-state index is -0.405. The Balaban J connectivity index is 1.74. The maximum atomic E-state index is 10.9. The quantitative estimate of drug-likeness (QED) is 0.499. The Bertz CT molecular complexity index is 764. The van der Waals surface area contributed by atoms with Crippen molar-refractivity contribution in [2.75, 3.05) is 17.2 Å². The first-order valence-electron chi connectivity index (χ1n) is 8.28. The van der Waals surface area contributed by atoms with Gasteiger partial charge in [0.1, 0.15) is 5.82 Å². The van der Waals surface area contributed by atoms with E-state index in [1.54, 1.807) is 12.1 Å². The van der Waals surface area contributed by atoms with Crippen molar-refractivity contribution in [3.63, 3.8) is 0 Å². The zero-order valence-electron chi connectivity index (χ0n) is 14.0. The molecule has 1 aliphatic rings. The van der Waals surface area contributed by atoms with Crippen LogP contribution in [0.15, 0.2) is 30.3 Å². The molecule has 8 heteroatoms. The molecule has 0 amide bonds. The number of rotatable bonds is 8. The second kappa shape index (κ2) is 7.43. The second-order valence-corrected chi connectivity index (χ2v) is 6.28. The molecule has 3 N–H and O–H groups in total. The van der Waals surface area contributed by atoms with Crippen LogP contribution >= 0.6 is 0 Å². The Kier molecular flexibility index (Phi) is 5.08. The van der Waals surface area contributed by atoms with E-state index in [2.05, 4.69) is 20.6 Å². The number of benzene rings is 1. The summed E-state index contributed by atoms with van der Waals surface area (Å²) in [6, 6.07) is 8.29. The minimum Gasteiger partial charge on any atom is -0.394 e. The average Bonchev–Trinajstić information content (AvgIpc) is 3.45. The van der Waals surface area contributed by atoms with Crippen LogP contribution in [-0.2, 0) is 6.54 Å². The van der Waals surface area contributed by atoms with E-state index in [-0.39, 0.29) is 18.3 Å². The van der Waals surface area contributed by atoms with E-state index in [1.807, 2.05) is 19.1 Å². The Hall–Kier alpha value is -2.74. The first-order chi connectivity index (χ1) is 12.0. The van der Waals surface area contributed by atoms with Crippen LogP contribution in [0.3, 0.4) is 0 Å². The number of hydrogen-bond donors (Lipinski definition) is 3. The van der Waals surface area contributed by atoms with E-state index in [4.69, 9.17) is 0 Å². The van der Waals surface area contributed by atoms with Gasteiger partial charge in [0.05, 0.1) is 17.2 Å². The monoisotopic (exact) mass is 343 g/mol. The molecule has 1 heterocycles. The number of aliphatic hydroxyl groups excluding tert-OH is 1. The van der Waals surface area contributed by atoms with Crippen molar-refractivity contribution in [1.82, 2.24) is 9.97 Å². The van der Waals surface area contributed by atoms with Gasteiger partial charge in [0.2, 0.25) is 5.95 Å². The third kappa shape index (κ3) is 4.63. The molecule has 2 aromatic rings. The number of aliphatic hydroxyl groups is 1. The van der Waals surface area contributed by atoms with Gasteiger partial charge in [-0.3, -0.25) is 10.1 Å². The summed E-state index contributed by atoms with van der Waals surface area (Å²) in [5, 5.41) is 26.3. The Morgan fingerprint density at radius 2 is 2.16 bits per heavy atom. The molecule has 1 aromatic carbocycles. The number of non-ortho nitro benzene ring substituents is 1. The first-order valence-corrected chi connectivity index (χ1v) is 8.28. The first kappa shape index (κ1) is 17.1. The molecule has 0 bridgehead atoms. The molecule has 1 aromatic heterocycles. The number of nitrogens with zero attached hydrogens (tertiary/aromatic N) is 3. The van der Waals surface area contributed by atoms with Crippen LogP contribution in [0.1, 0.15) is 36.9 Å².